The summed E-state index contributed by atoms with van der Waals surface area (Å²) in [7, 11) is 0. The van der Waals surface area contributed by atoms with Crippen LogP contribution in [0.25, 0.3) is 11.8 Å². The first-order chi connectivity index (χ1) is 12.1. The predicted molar refractivity (Wildman–Crippen MR) is 83.9 cm³/mol. The van der Waals surface area contributed by atoms with Crippen LogP contribution in [0.5, 0.6) is 5.95 Å². The lowest BCUT2D eigenvalue weighted by Crippen LogP contribution is -2.38. The summed E-state index contributed by atoms with van der Waals surface area (Å²) in [4.78, 5) is 22.5. The lowest BCUT2D eigenvalue weighted by Gasteiger charge is -1.95. The van der Waals surface area contributed by atoms with Crippen molar-refractivity contribution < 1.29 is 24.0 Å². The van der Waals surface area contributed by atoms with Gasteiger partial charge in [0.1, 0.15) is 0 Å². The van der Waals surface area contributed by atoms with Crippen molar-refractivity contribution in [2.45, 2.75) is 0 Å². The number of nitrogens with zero attached hydrogens (tertiary/aromatic N) is 3. The Morgan fingerprint density at radius 2 is 1.80 bits per heavy atom. The monoisotopic (exact) mass is 337 g/mol. The third-order valence-electron chi connectivity index (χ3n) is 3.38. The van der Waals surface area contributed by atoms with Crippen LogP contribution in [-0.4, -0.2) is 16.0 Å². The highest BCUT2D eigenvalue weighted by Crippen LogP contribution is 2.15. The van der Waals surface area contributed by atoms with Crippen LogP contribution < -0.4 is 9.79 Å². The summed E-state index contributed by atoms with van der Waals surface area (Å²) in [6.07, 6.45) is 2.64. The second-order valence-corrected chi connectivity index (χ2v) is 5.00. The molecule has 1 aromatic heterocycles. The lowest BCUT2D eigenvalue weighted by molar-refractivity contribution is -0.672. The van der Waals surface area contributed by atoms with Crippen LogP contribution in [0, 0.1) is 10.1 Å². The van der Waals surface area contributed by atoms with Gasteiger partial charge in [0.15, 0.2) is 5.95 Å². The molecule has 1 heterocycles. The number of nitro groups is 1. The number of rotatable bonds is 5. The van der Waals surface area contributed by atoms with E-state index in [1.807, 2.05) is 0 Å². The highest BCUT2D eigenvalue weighted by molar-refractivity contribution is 6.05. The Morgan fingerprint density at radius 1 is 1.12 bits per heavy atom. The summed E-state index contributed by atoms with van der Waals surface area (Å²) < 4.78 is 5.72. The van der Waals surface area contributed by atoms with Gasteiger partial charge in [-0.15, -0.1) is 0 Å². The minimum absolute atomic E-state index is 0.0497. The molecular formula is C17H11N3O5. The van der Waals surface area contributed by atoms with Crippen molar-refractivity contribution in [1.29, 1.82) is 0 Å². The summed E-state index contributed by atoms with van der Waals surface area (Å²) in [6, 6.07) is 14.3. The van der Waals surface area contributed by atoms with Gasteiger partial charge in [0.2, 0.25) is 5.69 Å². The maximum absolute atomic E-state index is 12.4. The van der Waals surface area contributed by atoms with Crippen LogP contribution in [0.1, 0.15) is 16.1 Å². The van der Waals surface area contributed by atoms with Gasteiger partial charge in [0.05, 0.1) is 10.2 Å². The van der Waals surface area contributed by atoms with Crippen LogP contribution >= 0.6 is 0 Å². The molecule has 0 atom stereocenters. The van der Waals surface area contributed by atoms with Crippen molar-refractivity contribution in [2.24, 2.45) is 0 Å². The highest BCUT2D eigenvalue weighted by Gasteiger charge is 2.25. The molecule has 3 aromatic rings. The number of aromatic nitrogens is 2. The summed E-state index contributed by atoms with van der Waals surface area (Å²) >= 11 is 0. The highest BCUT2D eigenvalue weighted by atomic mass is 16.6. The molecule has 25 heavy (non-hydrogen) atoms. The van der Waals surface area contributed by atoms with Gasteiger partial charge in [0.25, 0.3) is 11.5 Å². The number of allylic oxidation sites excluding steroid dienone is 1. The van der Waals surface area contributed by atoms with Crippen LogP contribution in [-0.2, 0) is 0 Å². The number of hydrogen-bond acceptors (Lipinski definition) is 6. The Hall–Kier alpha value is -3.81. The van der Waals surface area contributed by atoms with E-state index in [2.05, 4.69) is 9.79 Å². The number of nitro benzene ring substituents is 1. The van der Waals surface area contributed by atoms with Crippen molar-refractivity contribution in [3.8, 4) is 11.6 Å². The SMILES string of the molecule is O=C(/C=C/c1ccc([N+](=O)[O-])cc1)c1c([O-])on[n+]1-c1ccccc1. The van der Waals surface area contributed by atoms with Crippen molar-refractivity contribution >= 4 is 17.5 Å². The first-order valence-electron chi connectivity index (χ1n) is 7.17. The molecule has 8 nitrogen and oxygen atoms in total. The molecule has 0 aliphatic rings. The third kappa shape index (κ3) is 3.42. The largest absolute Gasteiger partial charge is 0.539 e. The quantitative estimate of drug-likeness (QED) is 0.231. The Bertz CT molecular complexity index is 946. The second kappa shape index (κ2) is 6.75. The van der Waals surface area contributed by atoms with Gasteiger partial charge in [-0.1, -0.05) is 24.3 Å². The summed E-state index contributed by atoms with van der Waals surface area (Å²) in [5, 5.41) is 26.0. The number of benzene rings is 2. The Balaban J connectivity index is 1.87. The molecule has 0 saturated heterocycles. The van der Waals surface area contributed by atoms with Crippen molar-refractivity contribution in [3.05, 3.63) is 82.0 Å². The zero-order valence-corrected chi connectivity index (χ0v) is 12.7. The lowest BCUT2D eigenvalue weighted by atomic mass is 10.1. The van der Waals surface area contributed by atoms with Gasteiger partial charge < -0.3 is 9.63 Å². The molecule has 0 N–H and O–H groups in total. The second-order valence-electron chi connectivity index (χ2n) is 5.00. The maximum Gasteiger partial charge on any atom is 0.310 e. The Morgan fingerprint density at radius 3 is 2.44 bits per heavy atom. The number of carbonyl (C=O) groups is 1. The molecule has 0 saturated carbocycles. The Kier molecular flexibility index (Phi) is 4.34. The minimum atomic E-state index is -0.845. The number of para-hydroxylation sites is 1. The van der Waals surface area contributed by atoms with Crippen LogP contribution in [0.2, 0.25) is 0 Å². The molecular weight excluding hydrogens is 326 g/mol. The van der Waals surface area contributed by atoms with E-state index in [1.54, 1.807) is 30.3 Å². The fourth-order valence-electron chi connectivity index (χ4n) is 2.16. The zero-order valence-electron chi connectivity index (χ0n) is 12.7. The molecule has 0 bridgehead atoms. The van der Waals surface area contributed by atoms with Gasteiger partial charge in [0, 0.05) is 24.3 Å². The third-order valence-corrected chi connectivity index (χ3v) is 3.38. The number of hydrogen-bond donors (Lipinski definition) is 0. The molecule has 0 unspecified atom stereocenters. The van der Waals surface area contributed by atoms with Gasteiger partial charge in [-0.25, -0.2) is 0 Å². The number of ketones is 1. The normalized spacial score (nSPS) is 10.9. The fourth-order valence-corrected chi connectivity index (χ4v) is 2.16. The molecule has 0 spiro atoms. The van der Waals surface area contributed by atoms with E-state index >= 15 is 0 Å². The molecule has 124 valence electrons. The molecule has 2 aromatic carbocycles. The molecule has 0 radical (unpaired) electrons. The summed E-state index contributed by atoms with van der Waals surface area (Å²) in [5.74, 6) is -1.43. The fraction of sp³-hybridized carbons (Fsp3) is 0. The van der Waals surface area contributed by atoms with E-state index in [4.69, 9.17) is 0 Å². The van der Waals surface area contributed by atoms with Crippen molar-refractivity contribution in [2.75, 3.05) is 0 Å². The first kappa shape index (κ1) is 16.1. The van der Waals surface area contributed by atoms with Gasteiger partial charge >= 0.3 is 5.69 Å². The maximum atomic E-state index is 12.4. The first-order valence-corrected chi connectivity index (χ1v) is 7.17. The average molecular weight is 337 g/mol. The zero-order chi connectivity index (χ0) is 17.8. The molecule has 0 amide bonds. The standard InChI is InChI=1S/C17H11N3O5/c21-15(11-8-12-6-9-14(10-7-12)20(23)24)16-17(22)25-18-19(16)13-4-2-1-3-5-13/h1-11H/b11-8+. The van der Waals surface area contributed by atoms with E-state index in [9.17, 15) is 20.0 Å². The summed E-state index contributed by atoms with van der Waals surface area (Å²) in [5.41, 5.74) is 0.810. The van der Waals surface area contributed by atoms with E-state index in [1.165, 1.54) is 36.4 Å². The number of carbonyl (C=O) groups excluding carboxylic acids is 1. The molecule has 0 aliphatic heterocycles. The van der Waals surface area contributed by atoms with Gasteiger partial charge in [-0.05, 0) is 28.5 Å². The molecule has 3 rings (SSSR count). The topological polar surface area (TPSA) is 113 Å². The number of non-ortho nitro benzene ring substituents is 1. The van der Waals surface area contributed by atoms with Gasteiger partial charge in [-0.3, -0.25) is 14.9 Å². The Labute approximate surface area is 141 Å². The van der Waals surface area contributed by atoms with Crippen LogP contribution in [0.4, 0.5) is 5.69 Å². The molecule has 0 aliphatic carbocycles. The van der Waals surface area contributed by atoms with Crippen LogP contribution in [0.3, 0.4) is 0 Å². The minimum Gasteiger partial charge on any atom is -0.539 e. The summed E-state index contributed by atoms with van der Waals surface area (Å²) in [6.45, 7) is 0. The van der Waals surface area contributed by atoms with Crippen molar-refractivity contribution in [1.82, 2.24) is 5.27 Å². The van der Waals surface area contributed by atoms with Crippen molar-refractivity contribution in [3.63, 3.8) is 0 Å². The van der Waals surface area contributed by atoms with E-state index in [0.29, 0.717) is 11.3 Å². The molecule has 0 fully saturated rings. The smallest absolute Gasteiger partial charge is 0.310 e. The van der Waals surface area contributed by atoms with E-state index in [0.717, 1.165) is 4.68 Å². The van der Waals surface area contributed by atoms with E-state index in [-0.39, 0.29) is 11.4 Å². The average Bonchev–Trinajstić information content (AvgIpc) is 3.02. The molecule has 8 heteroatoms. The van der Waals surface area contributed by atoms with E-state index < -0.39 is 16.7 Å². The predicted octanol–water partition coefficient (Wildman–Crippen LogP) is 1.83. The van der Waals surface area contributed by atoms with Crippen LogP contribution in [0.15, 0.2) is 65.2 Å². The van der Waals surface area contributed by atoms with Gasteiger partial charge in [-0.2, -0.15) is 0 Å².